The molecule has 1 atom stereocenters. The lowest BCUT2D eigenvalue weighted by molar-refractivity contribution is -0.139. The molecule has 20 heavy (non-hydrogen) atoms. The maximum Gasteiger partial charge on any atom is 0.263 e. The summed E-state index contributed by atoms with van der Waals surface area (Å²) in [6.07, 6.45) is -0.481. The van der Waals surface area contributed by atoms with Crippen molar-refractivity contribution in [3.63, 3.8) is 0 Å². The predicted octanol–water partition coefficient (Wildman–Crippen LogP) is 1.24. The summed E-state index contributed by atoms with van der Waals surface area (Å²) in [7, 11) is 3.68. The Morgan fingerprint density at radius 1 is 1.20 bits per heavy atom. The number of ether oxygens (including phenoxy) is 2. The maximum absolute atomic E-state index is 12.3. The minimum Gasteiger partial charge on any atom is -0.497 e. The van der Waals surface area contributed by atoms with Crippen molar-refractivity contribution >= 4 is 5.91 Å². The summed E-state index contributed by atoms with van der Waals surface area (Å²) < 4.78 is 10.9. The lowest BCUT2D eigenvalue weighted by Crippen LogP contribution is -2.50. The first kappa shape index (κ1) is 14.7. The third-order valence-corrected chi connectivity index (χ3v) is 3.52. The van der Waals surface area contributed by atoms with E-state index in [1.807, 2.05) is 23.1 Å². The minimum atomic E-state index is -0.481. The van der Waals surface area contributed by atoms with Crippen molar-refractivity contribution in [3.05, 3.63) is 24.3 Å². The number of rotatable bonds is 4. The van der Waals surface area contributed by atoms with Crippen molar-refractivity contribution in [2.45, 2.75) is 13.0 Å². The van der Waals surface area contributed by atoms with Gasteiger partial charge in [0.2, 0.25) is 0 Å². The zero-order chi connectivity index (χ0) is 14.5. The first-order chi connectivity index (χ1) is 9.60. The predicted molar refractivity (Wildman–Crippen MR) is 77.2 cm³/mol. The fourth-order valence-corrected chi connectivity index (χ4v) is 2.21. The van der Waals surface area contributed by atoms with Crippen LogP contribution in [0.15, 0.2) is 24.3 Å². The zero-order valence-corrected chi connectivity index (χ0v) is 12.3. The van der Waals surface area contributed by atoms with Gasteiger partial charge in [-0.15, -0.1) is 0 Å². The molecule has 0 bridgehead atoms. The number of carbonyl (C=O) groups is 1. The summed E-state index contributed by atoms with van der Waals surface area (Å²) in [5, 5.41) is 0. The molecule has 1 amide bonds. The molecule has 0 saturated carbocycles. The maximum atomic E-state index is 12.3. The van der Waals surface area contributed by atoms with Crippen LogP contribution >= 0.6 is 0 Å². The molecular formula is C15H22N2O3. The molecule has 110 valence electrons. The van der Waals surface area contributed by atoms with Gasteiger partial charge in [-0.25, -0.2) is 0 Å². The van der Waals surface area contributed by atoms with Gasteiger partial charge < -0.3 is 19.3 Å². The van der Waals surface area contributed by atoms with E-state index in [0.717, 1.165) is 31.9 Å². The molecule has 1 saturated heterocycles. The van der Waals surface area contributed by atoms with E-state index in [-0.39, 0.29) is 5.91 Å². The van der Waals surface area contributed by atoms with Gasteiger partial charge in [-0.1, -0.05) is 6.07 Å². The van der Waals surface area contributed by atoms with Gasteiger partial charge >= 0.3 is 0 Å². The Morgan fingerprint density at radius 2 is 1.85 bits per heavy atom. The van der Waals surface area contributed by atoms with Crippen LogP contribution in [0.4, 0.5) is 0 Å². The second kappa shape index (κ2) is 6.61. The first-order valence-corrected chi connectivity index (χ1v) is 6.88. The molecule has 1 unspecified atom stereocenters. The van der Waals surface area contributed by atoms with Gasteiger partial charge in [-0.3, -0.25) is 4.79 Å². The van der Waals surface area contributed by atoms with E-state index < -0.39 is 6.10 Å². The van der Waals surface area contributed by atoms with Crippen LogP contribution < -0.4 is 9.47 Å². The summed E-state index contributed by atoms with van der Waals surface area (Å²) in [5.74, 6) is 1.42. The van der Waals surface area contributed by atoms with Crippen LogP contribution in [0, 0.1) is 0 Å². The van der Waals surface area contributed by atoms with Crippen molar-refractivity contribution < 1.29 is 14.3 Å². The summed E-state index contributed by atoms with van der Waals surface area (Å²) >= 11 is 0. The molecule has 1 fully saturated rings. The SMILES string of the molecule is COc1cccc(OC(C)C(=O)N2CCN(C)CC2)c1. The number of methoxy groups -OCH3 is 1. The first-order valence-electron chi connectivity index (χ1n) is 6.88. The standard InChI is InChI=1S/C15H22N2O3/c1-12(15(18)17-9-7-16(2)8-10-17)20-14-6-4-5-13(11-14)19-3/h4-6,11-12H,7-10H2,1-3H3. The van der Waals surface area contributed by atoms with E-state index in [1.165, 1.54) is 0 Å². The van der Waals surface area contributed by atoms with E-state index in [2.05, 4.69) is 11.9 Å². The van der Waals surface area contributed by atoms with Gasteiger partial charge in [0.1, 0.15) is 11.5 Å². The van der Waals surface area contributed by atoms with Crippen LogP contribution in [0.3, 0.4) is 0 Å². The van der Waals surface area contributed by atoms with Gasteiger partial charge in [-0.2, -0.15) is 0 Å². The number of carbonyl (C=O) groups excluding carboxylic acids is 1. The van der Waals surface area contributed by atoms with Crippen LogP contribution in [-0.4, -0.2) is 62.1 Å². The summed E-state index contributed by atoms with van der Waals surface area (Å²) in [4.78, 5) is 16.4. The van der Waals surface area contributed by atoms with Crippen LogP contribution in [0.25, 0.3) is 0 Å². The lowest BCUT2D eigenvalue weighted by Gasteiger charge is -2.33. The quantitative estimate of drug-likeness (QED) is 0.831. The van der Waals surface area contributed by atoms with E-state index in [9.17, 15) is 4.79 Å². The van der Waals surface area contributed by atoms with Crippen LogP contribution in [0.1, 0.15) is 6.92 Å². The second-order valence-corrected chi connectivity index (χ2v) is 5.07. The molecule has 0 aromatic heterocycles. The number of nitrogens with zero attached hydrogens (tertiary/aromatic N) is 2. The highest BCUT2D eigenvalue weighted by Gasteiger charge is 2.24. The Labute approximate surface area is 120 Å². The van der Waals surface area contributed by atoms with E-state index in [0.29, 0.717) is 5.75 Å². The van der Waals surface area contributed by atoms with Crippen LogP contribution in [0.5, 0.6) is 11.5 Å². The lowest BCUT2D eigenvalue weighted by atomic mass is 10.2. The Bertz CT molecular complexity index is 456. The van der Waals surface area contributed by atoms with Crippen LogP contribution in [-0.2, 0) is 4.79 Å². The normalized spacial score (nSPS) is 17.6. The molecule has 5 heteroatoms. The Morgan fingerprint density at radius 3 is 2.50 bits per heavy atom. The zero-order valence-electron chi connectivity index (χ0n) is 12.3. The molecule has 2 rings (SSSR count). The third-order valence-electron chi connectivity index (χ3n) is 3.52. The molecule has 0 spiro atoms. The fraction of sp³-hybridized carbons (Fsp3) is 0.533. The highest BCUT2D eigenvalue weighted by Crippen LogP contribution is 2.20. The molecule has 0 N–H and O–H groups in total. The second-order valence-electron chi connectivity index (χ2n) is 5.07. The van der Waals surface area contributed by atoms with Crippen molar-refractivity contribution in [1.29, 1.82) is 0 Å². The van der Waals surface area contributed by atoms with E-state index in [4.69, 9.17) is 9.47 Å². The Hall–Kier alpha value is -1.75. The molecule has 1 aliphatic heterocycles. The molecule has 0 radical (unpaired) electrons. The van der Waals surface area contributed by atoms with Crippen molar-refractivity contribution in [2.75, 3.05) is 40.3 Å². The monoisotopic (exact) mass is 278 g/mol. The molecule has 1 heterocycles. The Kier molecular flexibility index (Phi) is 4.84. The number of benzene rings is 1. The van der Waals surface area contributed by atoms with Gasteiger partial charge in [-0.05, 0) is 26.1 Å². The number of hydrogen-bond acceptors (Lipinski definition) is 4. The summed E-state index contributed by atoms with van der Waals surface area (Å²) in [6.45, 7) is 5.15. The molecule has 1 aromatic rings. The van der Waals surface area contributed by atoms with Gasteiger partial charge in [0.25, 0.3) is 5.91 Å². The third kappa shape index (κ3) is 3.63. The molecular weight excluding hydrogens is 256 g/mol. The topological polar surface area (TPSA) is 42.0 Å². The van der Waals surface area contributed by atoms with Crippen molar-refractivity contribution in [1.82, 2.24) is 9.80 Å². The number of hydrogen-bond donors (Lipinski definition) is 0. The summed E-state index contributed by atoms with van der Waals surface area (Å²) in [6, 6.07) is 7.31. The van der Waals surface area contributed by atoms with Gasteiger partial charge in [0, 0.05) is 32.2 Å². The van der Waals surface area contributed by atoms with Gasteiger partial charge in [0.05, 0.1) is 7.11 Å². The molecule has 1 aromatic carbocycles. The van der Waals surface area contributed by atoms with Crippen molar-refractivity contribution in [3.8, 4) is 11.5 Å². The van der Waals surface area contributed by atoms with E-state index in [1.54, 1.807) is 20.1 Å². The van der Waals surface area contributed by atoms with E-state index >= 15 is 0 Å². The molecule has 1 aliphatic rings. The minimum absolute atomic E-state index is 0.0425. The fourth-order valence-electron chi connectivity index (χ4n) is 2.21. The number of piperazine rings is 1. The number of amides is 1. The summed E-state index contributed by atoms with van der Waals surface area (Å²) in [5.41, 5.74) is 0. The van der Waals surface area contributed by atoms with Gasteiger partial charge in [0.15, 0.2) is 6.10 Å². The largest absolute Gasteiger partial charge is 0.497 e. The molecule has 0 aliphatic carbocycles. The average molecular weight is 278 g/mol. The molecule has 5 nitrogen and oxygen atoms in total. The number of likely N-dealkylation sites (N-methyl/N-ethyl adjacent to an activating group) is 1. The Balaban J connectivity index is 1.93. The average Bonchev–Trinajstić information content (AvgIpc) is 2.47. The highest BCUT2D eigenvalue weighted by molar-refractivity contribution is 5.81. The van der Waals surface area contributed by atoms with Crippen LogP contribution in [0.2, 0.25) is 0 Å². The smallest absolute Gasteiger partial charge is 0.263 e. The highest BCUT2D eigenvalue weighted by atomic mass is 16.5. The van der Waals surface area contributed by atoms with Crippen molar-refractivity contribution in [2.24, 2.45) is 0 Å².